The van der Waals surface area contributed by atoms with Gasteiger partial charge in [0.15, 0.2) is 5.76 Å². The zero-order valence-corrected chi connectivity index (χ0v) is 10.4. The molecule has 0 fully saturated rings. The van der Waals surface area contributed by atoms with Crippen LogP contribution in [0.15, 0.2) is 45.3 Å². The molecule has 0 aliphatic rings. The SMILES string of the molecule is Cc1nc(-c2ccc(-c3cccc([N+](=O)[O-])c3)o2)no1. The number of nitro benzene ring substituents is 1. The maximum Gasteiger partial charge on any atom is 0.270 e. The predicted molar refractivity (Wildman–Crippen MR) is 68.8 cm³/mol. The van der Waals surface area contributed by atoms with Crippen molar-refractivity contribution in [1.29, 1.82) is 0 Å². The molecule has 0 N–H and O–H groups in total. The fraction of sp³-hybridized carbons (Fsp3) is 0.0769. The number of aryl methyl sites for hydroxylation is 1. The maximum atomic E-state index is 10.8. The lowest BCUT2D eigenvalue weighted by atomic mass is 10.1. The number of aromatic nitrogens is 2. The number of furan rings is 1. The Morgan fingerprint density at radius 1 is 1.20 bits per heavy atom. The Morgan fingerprint density at radius 3 is 2.70 bits per heavy atom. The van der Waals surface area contributed by atoms with Crippen molar-refractivity contribution in [2.24, 2.45) is 0 Å². The molecule has 0 saturated carbocycles. The smallest absolute Gasteiger partial charge is 0.270 e. The highest BCUT2D eigenvalue weighted by Gasteiger charge is 2.13. The number of benzene rings is 1. The van der Waals surface area contributed by atoms with E-state index in [-0.39, 0.29) is 5.69 Å². The molecule has 7 nitrogen and oxygen atoms in total. The molecule has 20 heavy (non-hydrogen) atoms. The van der Waals surface area contributed by atoms with E-state index in [4.69, 9.17) is 8.94 Å². The largest absolute Gasteiger partial charge is 0.453 e. The lowest BCUT2D eigenvalue weighted by molar-refractivity contribution is -0.384. The van der Waals surface area contributed by atoms with E-state index in [1.807, 2.05) is 0 Å². The first kappa shape index (κ1) is 12.1. The molecule has 0 spiro atoms. The van der Waals surface area contributed by atoms with Crippen LogP contribution in [0.5, 0.6) is 0 Å². The molecule has 0 aliphatic carbocycles. The number of nitro groups is 1. The van der Waals surface area contributed by atoms with Crippen molar-refractivity contribution in [3.8, 4) is 22.9 Å². The van der Waals surface area contributed by atoms with Gasteiger partial charge < -0.3 is 8.94 Å². The summed E-state index contributed by atoms with van der Waals surface area (Å²) in [5, 5.41) is 14.5. The van der Waals surface area contributed by atoms with Crippen molar-refractivity contribution in [2.45, 2.75) is 6.92 Å². The number of non-ortho nitro benzene ring substituents is 1. The van der Waals surface area contributed by atoms with Gasteiger partial charge in [0.25, 0.3) is 5.69 Å². The van der Waals surface area contributed by atoms with Crippen molar-refractivity contribution >= 4 is 5.69 Å². The Labute approximate surface area is 113 Å². The van der Waals surface area contributed by atoms with Crippen molar-refractivity contribution in [3.63, 3.8) is 0 Å². The van der Waals surface area contributed by atoms with Crippen LogP contribution in [0.1, 0.15) is 5.89 Å². The van der Waals surface area contributed by atoms with Crippen LogP contribution in [0.3, 0.4) is 0 Å². The average molecular weight is 271 g/mol. The van der Waals surface area contributed by atoms with Crippen LogP contribution in [0, 0.1) is 17.0 Å². The van der Waals surface area contributed by atoms with Gasteiger partial charge in [-0.05, 0) is 12.1 Å². The van der Waals surface area contributed by atoms with Crippen LogP contribution in [-0.2, 0) is 0 Å². The number of hydrogen-bond donors (Lipinski definition) is 0. The van der Waals surface area contributed by atoms with E-state index in [9.17, 15) is 10.1 Å². The van der Waals surface area contributed by atoms with E-state index in [0.717, 1.165) is 0 Å². The second kappa shape index (κ2) is 4.61. The van der Waals surface area contributed by atoms with E-state index in [2.05, 4.69) is 10.1 Å². The minimum Gasteiger partial charge on any atom is -0.453 e. The first-order chi connectivity index (χ1) is 9.63. The molecular formula is C13H9N3O4. The van der Waals surface area contributed by atoms with Crippen molar-refractivity contribution < 1.29 is 13.9 Å². The molecular weight excluding hydrogens is 262 g/mol. The Morgan fingerprint density at radius 2 is 2.00 bits per heavy atom. The highest BCUT2D eigenvalue weighted by Crippen LogP contribution is 2.28. The quantitative estimate of drug-likeness (QED) is 0.536. The van der Waals surface area contributed by atoms with Gasteiger partial charge in [0.1, 0.15) is 5.76 Å². The third kappa shape index (κ3) is 2.16. The Balaban J connectivity index is 1.98. The minimum absolute atomic E-state index is 0.0101. The topological polar surface area (TPSA) is 95.2 Å². The molecule has 3 rings (SSSR count). The summed E-state index contributed by atoms with van der Waals surface area (Å²) in [5.41, 5.74) is 0.626. The van der Waals surface area contributed by atoms with E-state index >= 15 is 0 Å². The third-order valence-corrected chi connectivity index (χ3v) is 2.70. The highest BCUT2D eigenvalue weighted by atomic mass is 16.6. The lowest BCUT2D eigenvalue weighted by Crippen LogP contribution is -1.87. The van der Waals surface area contributed by atoms with Gasteiger partial charge in [-0.3, -0.25) is 10.1 Å². The molecule has 7 heteroatoms. The monoisotopic (exact) mass is 271 g/mol. The summed E-state index contributed by atoms with van der Waals surface area (Å²) in [7, 11) is 0. The van der Waals surface area contributed by atoms with Gasteiger partial charge in [-0.1, -0.05) is 17.3 Å². The summed E-state index contributed by atoms with van der Waals surface area (Å²) in [6.45, 7) is 1.68. The number of rotatable bonds is 3. The van der Waals surface area contributed by atoms with Crippen molar-refractivity contribution in [1.82, 2.24) is 10.1 Å². The molecule has 2 heterocycles. The van der Waals surface area contributed by atoms with Gasteiger partial charge in [0, 0.05) is 24.6 Å². The fourth-order valence-electron chi connectivity index (χ4n) is 1.79. The van der Waals surface area contributed by atoms with Gasteiger partial charge in [0.05, 0.1) is 4.92 Å². The second-order valence-corrected chi connectivity index (χ2v) is 4.11. The zero-order chi connectivity index (χ0) is 14.1. The van der Waals surface area contributed by atoms with Gasteiger partial charge in [0.2, 0.25) is 11.7 Å². The molecule has 0 radical (unpaired) electrons. The summed E-state index contributed by atoms with van der Waals surface area (Å²) in [6.07, 6.45) is 0. The fourth-order valence-corrected chi connectivity index (χ4v) is 1.79. The molecule has 0 bridgehead atoms. The van der Waals surface area contributed by atoms with Crippen LogP contribution in [0.2, 0.25) is 0 Å². The highest BCUT2D eigenvalue weighted by molar-refractivity contribution is 5.64. The van der Waals surface area contributed by atoms with Gasteiger partial charge in [-0.25, -0.2) is 0 Å². The van der Waals surface area contributed by atoms with Gasteiger partial charge in [-0.15, -0.1) is 0 Å². The molecule has 0 amide bonds. The summed E-state index contributed by atoms with van der Waals surface area (Å²) >= 11 is 0. The molecule has 0 unspecified atom stereocenters. The van der Waals surface area contributed by atoms with Crippen LogP contribution in [-0.4, -0.2) is 15.1 Å². The van der Waals surface area contributed by atoms with E-state index in [1.165, 1.54) is 12.1 Å². The van der Waals surface area contributed by atoms with E-state index < -0.39 is 4.92 Å². The van der Waals surface area contributed by atoms with Crippen LogP contribution >= 0.6 is 0 Å². The number of nitrogens with zero attached hydrogens (tertiary/aromatic N) is 3. The van der Waals surface area contributed by atoms with Crippen molar-refractivity contribution in [2.75, 3.05) is 0 Å². The molecule has 1 aromatic carbocycles. The molecule has 0 saturated heterocycles. The van der Waals surface area contributed by atoms with E-state index in [0.29, 0.717) is 28.8 Å². The Bertz CT molecular complexity index is 775. The molecule has 0 aliphatic heterocycles. The maximum absolute atomic E-state index is 10.8. The average Bonchev–Trinajstić information content (AvgIpc) is 3.07. The van der Waals surface area contributed by atoms with Crippen LogP contribution in [0.25, 0.3) is 22.9 Å². The normalized spacial score (nSPS) is 10.7. The summed E-state index contributed by atoms with van der Waals surface area (Å²) in [6, 6.07) is 9.61. The second-order valence-electron chi connectivity index (χ2n) is 4.11. The lowest BCUT2D eigenvalue weighted by Gasteiger charge is -1.96. The molecule has 2 aromatic heterocycles. The minimum atomic E-state index is -0.449. The molecule has 100 valence electrons. The summed E-state index contributed by atoms with van der Waals surface area (Å²) in [4.78, 5) is 14.4. The first-order valence-corrected chi connectivity index (χ1v) is 5.79. The first-order valence-electron chi connectivity index (χ1n) is 5.79. The third-order valence-electron chi connectivity index (χ3n) is 2.70. The van der Waals surface area contributed by atoms with Gasteiger partial charge >= 0.3 is 0 Å². The number of hydrogen-bond acceptors (Lipinski definition) is 6. The Hall–Kier alpha value is -2.96. The van der Waals surface area contributed by atoms with E-state index in [1.54, 1.807) is 31.2 Å². The predicted octanol–water partition coefficient (Wildman–Crippen LogP) is 3.21. The van der Waals surface area contributed by atoms with Crippen LogP contribution in [0.4, 0.5) is 5.69 Å². The van der Waals surface area contributed by atoms with Gasteiger partial charge in [-0.2, -0.15) is 4.98 Å². The van der Waals surface area contributed by atoms with Crippen molar-refractivity contribution in [3.05, 3.63) is 52.4 Å². The Kier molecular flexibility index (Phi) is 2.79. The molecule has 3 aromatic rings. The standard InChI is InChI=1S/C13H9N3O4/c1-8-14-13(15-20-8)12-6-5-11(19-12)9-3-2-4-10(7-9)16(17)18/h2-7H,1H3. The summed E-state index contributed by atoms with van der Waals surface area (Å²) in [5.74, 6) is 1.74. The molecule has 0 atom stereocenters. The zero-order valence-electron chi connectivity index (χ0n) is 10.4. The summed E-state index contributed by atoms with van der Waals surface area (Å²) < 4.78 is 10.5. The van der Waals surface area contributed by atoms with Crippen LogP contribution < -0.4 is 0 Å².